The zero-order valence-electron chi connectivity index (χ0n) is 17.1. The molecule has 158 valence electrons. The topological polar surface area (TPSA) is 78.0 Å². The van der Waals surface area contributed by atoms with E-state index in [1.165, 1.54) is 11.0 Å². The maximum absolute atomic E-state index is 13.4. The first kappa shape index (κ1) is 20.4. The number of piperidine rings is 1. The Balaban J connectivity index is 1.75. The molecule has 4 rings (SSSR count). The highest BCUT2D eigenvalue weighted by molar-refractivity contribution is 7.94. The molecule has 2 aromatic rings. The number of nitrogens with zero attached hydrogens (tertiary/aromatic N) is 3. The minimum Gasteiger partial charge on any atom is -0.338 e. The van der Waals surface area contributed by atoms with Crippen molar-refractivity contribution in [3.63, 3.8) is 0 Å². The summed E-state index contributed by atoms with van der Waals surface area (Å²) in [5.41, 5.74) is 1.44. The van der Waals surface area contributed by atoms with E-state index in [9.17, 15) is 18.0 Å². The lowest BCUT2D eigenvalue weighted by Gasteiger charge is -2.38. The molecule has 0 aliphatic carbocycles. The monoisotopic (exact) mass is 427 g/mol. The van der Waals surface area contributed by atoms with E-state index in [-0.39, 0.29) is 34.8 Å². The van der Waals surface area contributed by atoms with E-state index in [1.54, 1.807) is 47.4 Å². The second kappa shape index (κ2) is 7.75. The highest BCUT2D eigenvalue weighted by Gasteiger charge is 2.43. The van der Waals surface area contributed by atoms with Crippen LogP contribution in [0.25, 0.3) is 0 Å². The number of likely N-dealkylation sites (tertiary alicyclic amines) is 1. The van der Waals surface area contributed by atoms with Crippen molar-refractivity contribution < 1.29 is 18.0 Å². The number of urea groups is 1. The Labute approximate surface area is 176 Å². The van der Waals surface area contributed by atoms with Crippen molar-refractivity contribution in [3.8, 4) is 0 Å². The molecule has 1 atom stereocenters. The van der Waals surface area contributed by atoms with Gasteiger partial charge in [0.05, 0.1) is 11.4 Å². The molecular formula is C22H25N3O4S. The van der Waals surface area contributed by atoms with Crippen LogP contribution >= 0.6 is 0 Å². The molecule has 0 saturated carbocycles. The summed E-state index contributed by atoms with van der Waals surface area (Å²) in [6.45, 7) is 4.35. The van der Waals surface area contributed by atoms with Gasteiger partial charge in [-0.2, -0.15) is 4.31 Å². The molecule has 8 heteroatoms. The predicted molar refractivity (Wildman–Crippen MR) is 115 cm³/mol. The summed E-state index contributed by atoms with van der Waals surface area (Å²) < 4.78 is 27.3. The molecule has 0 spiro atoms. The van der Waals surface area contributed by atoms with Gasteiger partial charge in [0.15, 0.2) is 0 Å². The number of carbonyl (C=O) groups is 2. The molecule has 2 heterocycles. The van der Waals surface area contributed by atoms with Crippen molar-refractivity contribution in [2.45, 2.75) is 44.0 Å². The van der Waals surface area contributed by atoms with Crippen LogP contribution in [0.15, 0.2) is 53.4 Å². The zero-order chi connectivity index (χ0) is 21.5. The second-order valence-electron chi connectivity index (χ2n) is 7.87. The van der Waals surface area contributed by atoms with Gasteiger partial charge in [0.1, 0.15) is 11.4 Å². The molecule has 2 aliphatic rings. The third-order valence-corrected chi connectivity index (χ3v) is 7.51. The summed E-state index contributed by atoms with van der Waals surface area (Å²) in [4.78, 5) is 29.5. The second-order valence-corrected chi connectivity index (χ2v) is 9.63. The first-order chi connectivity index (χ1) is 14.3. The van der Waals surface area contributed by atoms with Crippen LogP contribution in [0, 0.1) is 6.92 Å². The normalized spacial score (nSPS) is 20.8. The minimum atomic E-state index is -4.09. The lowest BCUT2D eigenvalue weighted by atomic mass is 10.0. The molecule has 1 fully saturated rings. The Morgan fingerprint density at radius 1 is 1.07 bits per heavy atom. The fourth-order valence-corrected chi connectivity index (χ4v) is 5.68. The minimum absolute atomic E-state index is 0.0182. The lowest BCUT2D eigenvalue weighted by Crippen LogP contribution is -2.55. The molecular weight excluding hydrogens is 402 g/mol. The van der Waals surface area contributed by atoms with Gasteiger partial charge in [-0.3, -0.25) is 9.69 Å². The maximum Gasteiger partial charge on any atom is 0.343 e. The van der Waals surface area contributed by atoms with Crippen LogP contribution in [-0.2, 0) is 14.8 Å². The third kappa shape index (κ3) is 3.45. The molecule has 7 nitrogen and oxygen atoms in total. The Kier molecular flexibility index (Phi) is 5.27. The number of fused-ring (bicyclic) bond motifs is 1. The number of amides is 3. The van der Waals surface area contributed by atoms with Crippen LogP contribution < -0.4 is 9.21 Å². The highest BCUT2D eigenvalue weighted by Crippen LogP contribution is 2.37. The number of anilines is 2. The van der Waals surface area contributed by atoms with Crippen LogP contribution in [0.4, 0.5) is 16.2 Å². The number of hydrogen-bond donors (Lipinski definition) is 0. The van der Waals surface area contributed by atoms with Crippen molar-refractivity contribution in [1.29, 1.82) is 0 Å². The van der Waals surface area contributed by atoms with E-state index in [1.807, 2.05) is 13.8 Å². The van der Waals surface area contributed by atoms with Gasteiger partial charge in [0.2, 0.25) is 5.91 Å². The third-order valence-electron chi connectivity index (χ3n) is 5.76. The van der Waals surface area contributed by atoms with Gasteiger partial charge in [-0.05, 0) is 57.4 Å². The van der Waals surface area contributed by atoms with Crippen LogP contribution in [-0.4, -0.2) is 44.4 Å². The predicted octanol–water partition coefficient (Wildman–Crippen LogP) is 3.53. The SMILES string of the molecule is Cc1ccc(N2C(=O)N(CC(=O)N3CCCC[C@H]3C)c3ccccc3S2(=O)=O)cc1. The van der Waals surface area contributed by atoms with Crippen molar-refractivity contribution in [2.24, 2.45) is 0 Å². The van der Waals surface area contributed by atoms with Crippen LogP contribution in [0.2, 0.25) is 0 Å². The fraction of sp³-hybridized carbons (Fsp3) is 0.364. The first-order valence-electron chi connectivity index (χ1n) is 10.1. The fourth-order valence-electron chi connectivity index (χ4n) is 4.09. The average molecular weight is 428 g/mol. The quantitative estimate of drug-likeness (QED) is 0.751. The molecule has 0 radical (unpaired) electrons. The lowest BCUT2D eigenvalue weighted by molar-refractivity contribution is -0.132. The summed E-state index contributed by atoms with van der Waals surface area (Å²) in [7, 11) is -4.09. The van der Waals surface area contributed by atoms with Gasteiger partial charge in [0, 0.05) is 12.6 Å². The summed E-state index contributed by atoms with van der Waals surface area (Å²) in [5.74, 6) is -0.173. The van der Waals surface area contributed by atoms with Crippen LogP contribution in [0.3, 0.4) is 0 Å². The first-order valence-corrected chi connectivity index (χ1v) is 11.6. The van der Waals surface area contributed by atoms with Crippen LogP contribution in [0.5, 0.6) is 0 Å². The van der Waals surface area contributed by atoms with Crippen molar-refractivity contribution >= 4 is 33.3 Å². The Bertz CT molecular complexity index is 1080. The molecule has 0 unspecified atom stereocenters. The van der Waals surface area contributed by atoms with E-state index in [0.717, 1.165) is 29.1 Å². The summed E-state index contributed by atoms with van der Waals surface area (Å²) >= 11 is 0. The molecule has 2 aromatic carbocycles. The number of hydrogen-bond acceptors (Lipinski definition) is 4. The Morgan fingerprint density at radius 2 is 1.77 bits per heavy atom. The summed E-state index contributed by atoms with van der Waals surface area (Å²) in [5, 5.41) is 0. The number of sulfonamides is 1. The standard InChI is InChI=1S/C22H25N3O4S/c1-16-10-12-18(13-11-16)25-22(27)24(15-21(26)23-14-6-5-7-17(23)2)19-8-3-4-9-20(19)30(25,28)29/h3-4,8-13,17H,5-7,14-15H2,1-2H3/t17-/m1/s1. The molecule has 0 bridgehead atoms. The van der Waals surface area contributed by atoms with Crippen molar-refractivity contribution in [3.05, 3.63) is 54.1 Å². The van der Waals surface area contributed by atoms with Gasteiger partial charge in [0.25, 0.3) is 10.0 Å². The Morgan fingerprint density at radius 3 is 2.47 bits per heavy atom. The van der Waals surface area contributed by atoms with Gasteiger partial charge in [-0.1, -0.05) is 29.8 Å². The molecule has 0 aromatic heterocycles. The van der Waals surface area contributed by atoms with Gasteiger partial charge < -0.3 is 4.90 Å². The molecule has 2 aliphatic heterocycles. The van der Waals surface area contributed by atoms with E-state index in [4.69, 9.17) is 0 Å². The summed E-state index contributed by atoms with van der Waals surface area (Å²) in [6.07, 6.45) is 2.94. The van der Waals surface area contributed by atoms with Gasteiger partial charge >= 0.3 is 6.03 Å². The smallest absolute Gasteiger partial charge is 0.338 e. The summed E-state index contributed by atoms with van der Waals surface area (Å²) in [6, 6.07) is 12.4. The molecule has 1 saturated heterocycles. The van der Waals surface area contributed by atoms with E-state index >= 15 is 0 Å². The highest BCUT2D eigenvalue weighted by atomic mass is 32.2. The average Bonchev–Trinajstić information content (AvgIpc) is 2.73. The van der Waals surface area contributed by atoms with E-state index in [2.05, 4.69) is 0 Å². The Hall–Kier alpha value is -2.87. The molecule has 30 heavy (non-hydrogen) atoms. The van der Waals surface area contributed by atoms with Crippen LogP contribution in [0.1, 0.15) is 31.7 Å². The molecule has 3 amide bonds. The van der Waals surface area contributed by atoms with Gasteiger partial charge in [-0.15, -0.1) is 0 Å². The van der Waals surface area contributed by atoms with Crippen molar-refractivity contribution in [1.82, 2.24) is 4.90 Å². The number of rotatable bonds is 3. The number of benzene rings is 2. The van der Waals surface area contributed by atoms with E-state index < -0.39 is 16.1 Å². The molecule has 0 N–H and O–H groups in total. The van der Waals surface area contributed by atoms with E-state index in [0.29, 0.717) is 6.54 Å². The van der Waals surface area contributed by atoms with Crippen molar-refractivity contribution in [2.75, 3.05) is 22.3 Å². The largest absolute Gasteiger partial charge is 0.343 e. The van der Waals surface area contributed by atoms with Gasteiger partial charge in [-0.25, -0.2) is 13.2 Å². The zero-order valence-corrected chi connectivity index (χ0v) is 17.9. The maximum atomic E-state index is 13.4. The number of carbonyl (C=O) groups excluding carboxylic acids is 2. The number of aryl methyl sites for hydroxylation is 1. The number of para-hydroxylation sites is 1.